The van der Waals surface area contributed by atoms with Crippen LogP contribution < -0.4 is 10.6 Å². The third-order valence-corrected chi connectivity index (χ3v) is 7.17. The molecule has 2 heterocycles. The Morgan fingerprint density at radius 2 is 2.00 bits per heavy atom. The van der Waals surface area contributed by atoms with E-state index in [1.54, 1.807) is 11.3 Å². The summed E-state index contributed by atoms with van der Waals surface area (Å²) < 4.78 is 1.42. The second-order valence-electron chi connectivity index (χ2n) is 9.35. The van der Waals surface area contributed by atoms with Crippen molar-refractivity contribution in [3.05, 3.63) is 63.6 Å². The molecule has 3 aromatic rings. The van der Waals surface area contributed by atoms with Crippen LogP contribution in [0.4, 0.5) is 5.95 Å². The van der Waals surface area contributed by atoms with Crippen molar-refractivity contribution in [2.24, 2.45) is 11.3 Å². The summed E-state index contributed by atoms with van der Waals surface area (Å²) in [5.41, 5.74) is 2.59. The molecule has 1 atom stereocenters. The predicted octanol–water partition coefficient (Wildman–Crippen LogP) is 4.06. The number of benzene rings is 1. The zero-order valence-electron chi connectivity index (χ0n) is 18.7. The van der Waals surface area contributed by atoms with Crippen LogP contribution in [0, 0.1) is 11.3 Å². The minimum Gasteiger partial charge on any atom is -0.350 e. The van der Waals surface area contributed by atoms with Gasteiger partial charge in [-0.3, -0.25) is 14.9 Å². The summed E-state index contributed by atoms with van der Waals surface area (Å²) in [6.07, 6.45) is 4.66. The second-order valence-corrected chi connectivity index (χ2v) is 10.5. The summed E-state index contributed by atoms with van der Waals surface area (Å²) in [4.78, 5) is 31.0. The van der Waals surface area contributed by atoms with E-state index in [-0.39, 0.29) is 29.7 Å². The molecule has 2 aromatic heterocycles. The molecule has 7 nitrogen and oxygen atoms in total. The number of hydrogen-bond donors (Lipinski definition) is 2. The fourth-order valence-electron chi connectivity index (χ4n) is 3.97. The molecule has 0 aliphatic heterocycles. The van der Waals surface area contributed by atoms with Crippen molar-refractivity contribution in [3.8, 4) is 0 Å². The fourth-order valence-corrected chi connectivity index (χ4v) is 5.07. The Hall–Kier alpha value is -3.00. The number of nitrogens with one attached hydrogen (secondary N) is 2. The van der Waals surface area contributed by atoms with Gasteiger partial charge in [0.05, 0.1) is 4.88 Å². The molecule has 2 amide bonds. The number of rotatable bonds is 6. The second kappa shape index (κ2) is 9.24. The maximum atomic E-state index is 12.7. The Balaban J connectivity index is 1.31. The minimum absolute atomic E-state index is 0.0389. The maximum absolute atomic E-state index is 12.7. The summed E-state index contributed by atoms with van der Waals surface area (Å²) in [6, 6.07) is 11.7. The van der Waals surface area contributed by atoms with Crippen LogP contribution >= 0.6 is 11.3 Å². The van der Waals surface area contributed by atoms with Crippen LogP contribution in [0.3, 0.4) is 0 Å². The van der Waals surface area contributed by atoms with Crippen LogP contribution in [0.2, 0.25) is 0 Å². The van der Waals surface area contributed by atoms with Crippen molar-refractivity contribution in [1.82, 2.24) is 20.1 Å². The smallest absolute Gasteiger partial charge is 0.268 e. The van der Waals surface area contributed by atoms with Crippen molar-refractivity contribution in [2.75, 3.05) is 5.32 Å². The molecular weight excluding hydrogens is 422 g/mol. The van der Waals surface area contributed by atoms with Crippen LogP contribution in [0.25, 0.3) is 0 Å². The average molecular weight is 452 g/mol. The van der Waals surface area contributed by atoms with Crippen molar-refractivity contribution >= 4 is 29.1 Å². The van der Waals surface area contributed by atoms with E-state index in [4.69, 9.17) is 0 Å². The lowest BCUT2D eigenvalue weighted by Crippen LogP contribution is -2.27. The Kier molecular flexibility index (Phi) is 6.41. The van der Waals surface area contributed by atoms with E-state index < -0.39 is 0 Å². The highest BCUT2D eigenvalue weighted by Gasteiger charge is 2.30. The number of aromatic nitrogens is 3. The SMILES string of the molecule is CC(C)(C)C1CCc2sc(C(=O)Nc3ncn(CC(=O)NCc4ccccc4)n3)cc2C1. The third kappa shape index (κ3) is 5.43. The monoisotopic (exact) mass is 451 g/mol. The number of anilines is 1. The minimum atomic E-state index is -0.206. The van der Waals surface area contributed by atoms with Gasteiger partial charge in [-0.2, -0.15) is 0 Å². The first-order chi connectivity index (χ1) is 15.3. The fraction of sp³-hybridized carbons (Fsp3) is 0.417. The van der Waals surface area contributed by atoms with Crippen molar-refractivity contribution in [1.29, 1.82) is 0 Å². The molecule has 0 fully saturated rings. The summed E-state index contributed by atoms with van der Waals surface area (Å²) in [5, 5.41) is 9.82. The van der Waals surface area contributed by atoms with Crippen LogP contribution in [-0.4, -0.2) is 26.6 Å². The standard InChI is InChI=1S/C24H29N5O2S/c1-24(2,3)18-9-10-19-17(11-18)12-20(32-19)22(31)27-23-26-15-29(28-23)14-21(30)25-13-16-7-5-4-6-8-16/h4-8,12,15,18H,9-11,13-14H2,1-3H3,(H,25,30)(H,27,28,31). The molecule has 0 radical (unpaired) electrons. The lowest BCUT2D eigenvalue weighted by Gasteiger charge is -2.33. The number of nitrogens with zero attached hydrogens (tertiary/aromatic N) is 3. The van der Waals surface area contributed by atoms with E-state index in [1.165, 1.54) is 21.4 Å². The van der Waals surface area contributed by atoms with Crippen molar-refractivity contribution in [3.63, 3.8) is 0 Å². The molecule has 1 aliphatic carbocycles. The van der Waals surface area contributed by atoms with Gasteiger partial charge in [0.1, 0.15) is 12.9 Å². The summed E-state index contributed by atoms with van der Waals surface area (Å²) in [6.45, 7) is 7.35. The number of carbonyl (C=O) groups excluding carboxylic acids is 2. The number of hydrogen-bond acceptors (Lipinski definition) is 5. The van der Waals surface area contributed by atoms with Crippen molar-refractivity contribution < 1.29 is 9.59 Å². The lowest BCUT2D eigenvalue weighted by molar-refractivity contribution is -0.122. The number of amides is 2. The molecule has 0 spiro atoms. The predicted molar refractivity (Wildman–Crippen MR) is 126 cm³/mol. The molecule has 0 bridgehead atoms. The molecule has 0 saturated heterocycles. The molecule has 1 unspecified atom stereocenters. The van der Waals surface area contributed by atoms with Gasteiger partial charge in [-0.25, -0.2) is 9.67 Å². The van der Waals surface area contributed by atoms with Gasteiger partial charge >= 0.3 is 0 Å². The normalized spacial score (nSPS) is 15.8. The first-order valence-corrected chi connectivity index (χ1v) is 11.7. The highest BCUT2D eigenvalue weighted by atomic mass is 32.1. The van der Waals surface area contributed by atoms with E-state index in [0.717, 1.165) is 24.8 Å². The van der Waals surface area contributed by atoms with Gasteiger partial charge in [0.2, 0.25) is 11.9 Å². The van der Waals surface area contributed by atoms with Crippen LogP contribution in [0.15, 0.2) is 42.7 Å². The summed E-state index contributed by atoms with van der Waals surface area (Å²) in [7, 11) is 0. The molecule has 4 rings (SSSR count). The molecule has 0 saturated carbocycles. The van der Waals surface area contributed by atoms with Gasteiger partial charge in [-0.1, -0.05) is 51.1 Å². The third-order valence-electron chi connectivity index (χ3n) is 5.93. The van der Waals surface area contributed by atoms with Gasteiger partial charge in [-0.05, 0) is 47.8 Å². The van der Waals surface area contributed by atoms with E-state index in [0.29, 0.717) is 17.3 Å². The Labute approximate surface area is 192 Å². The summed E-state index contributed by atoms with van der Waals surface area (Å²) in [5.74, 6) is 0.453. The molecule has 1 aliphatic rings. The molecule has 2 N–H and O–H groups in total. The molecule has 8 heteroatoms. The Morgan fingerprint density at radius 1 is 1.22 bits per heavy atom. The number of aryl methyl sites for hydroxylation is 1. The highest BCUT2D eigenvalue weighted by molar-refractivity contribution is 7.14. The zero-order chi connectivity index (χ0) is 22.7. The molecular formula is C24H29N5O2S. The van der Waals surface area contributed by atoms with Crippen LogP contribution in [0.1, 0.15) is 52.9 Å². The van der Waals surface area contributed by atoms with Crippen molar-refractivity contribution in [2.45, 2.75) is 53.1 Å². The van der Waals surface area contributed by atoms with E-state index >= 15 is 0 Å². The topological polar surface area (TPSA) is 88.9 Å². The van der Waals surface area contributed by atoms with E-state index in [1.807, 2.05) is 36.4 Å². The van der Waals surface area contributed by atoms with E-state index in [2.05, 4.69) is 41.5 Å². The quantitative estimate of drug-likeness (QED) is 0.592. The molecule has 32 heavy (non-hydrogen) atoms. The van der Waals surface area contributed by atoms with Crippen LogP contribution in [-0.2, 0) is 30.7 Å². The van der Waals surface area contributed by atoms with Gasteiger partial charge in [0, 0.05) is 11.4 Å². The molecule has 1 aromatic carbocycles. The maximum Gasteiger partial charge on any atom is 0.268 e. The number of carbonyl (C=O) groups is 2. The Morgan fingerprint density at radius 3 is 2.75 bits per heavy atom. The van der Waals surface area contributed by atoms with Crippen LogP contribution in [0.5, 0.6) is 0 Å². The largest absolute Gasteiger partial charge is 0.350 e. The van der Waals surface area contributed by atoms with E-state index in [9.17, 15) is 9.59 Å². The lowest BCUT2D eigenvalue weighted by atomic mass is 9.72. The molecule has 168 valence electrons. The number of thiophene rings is 1. The first-order valence-electron chi connectivity index (χ1n) is 10.9. The summed E-state index contributed by atoms with van der Waals surface area (Å²) >= 11 is 1.56. The highest BCUT2D eigenvalue weighted by Crippen LogP contribution is 2.40. The average Bonchev–Trinajstić information content (AvgIpc) is 3.38. The Bertz CT molecular complexity index is 1100. The van der Waals surface area contributed by atoms with Gasteiger partial charge in [0.15, 0.2) is 0 Å². The van der Waals surface area contributed by atoms with Gasteiger partial charge < -0.3 is 5.32 Å². The first kappa shape index (κ1) is 22.2. The number of fused-ring (bicyclic) bond motifs is 1. The zero-order valence-corrected chi connectivity index (χ0v) is 19.5. The van der Waals surface area contributed by atoms with Gasteiger partial charge in [0.25, 0.3) is 5.91 Å². The van der Waals surface area contributed by atoms with Gasteiger partial charge in [-0.15, -0.1) is 16.4 Å².